The lowest BCUT2D eigenvalue weighted by atomic mass is 10.0. The molecule has 0 saturated heterocycles. The molecule has 0 heterocycles. The van der Waals surface area contributed by atoms with E-state index in [1.54, 1.807) is 0 Å². The first-order valence-corrected chi connectivity index (χ1v) is 3.89. The lowest BCUT2D eigenvalue weighted by Gasteiger charge is -2.02. The van der Waals surface area contributed by atoms with E-state index in [4.69, 9.17) is 0 Å². The molecule has 9 heavy (non-hydrogen) atoms. The van der Waals surface area contributed by atoms with Crippen LogP contribution in [0, 0.1) is 5.92 Å². The molecule has 0 radical (unpaired) electrons. The summed E-state index contributed by atoms with van der Waals surface area (Å²) in [5.74, 6) is 1.03. The summed E-state index contributed by atoms with van der Waals surface area (Å²) in [5, 5.41) is 0. The van der Waals surface area contributed by atoms with E-state index in [0.717, 1.165) is 5.92 Å². The van der Waals surface area contributed by atoms with E-state index < -0.39 is 0 Å². The Morgan fingerprint density at radius 1 is 0.889 bits per heavy atom. The van der Waals surface area contributed by atoms with Crippen molar-refractivity contribution in [2.24, 2.45) is 5.92 Å². The van der Waals surface area contributed by atoms with E-state index in [-0.39, 0.29) is 11.0 Å². The molecule has 0 spiro atoms. The van der Waals surface area contributed by atoms with Crippen molar-refractivity contribution in [2.75, 3.05) is 0 Å². The molecular formula is C8H20Si. The highest BCUT2D eigenvalue weighted by Crippen LogP contribution is 2.21. The molecule has 1 rings (SSSR count). The van der Waals surface area contributed by atoms with Crippen LogP contribution in [0.2, 0.25) is 0 Å². The molecule has 0 aromatic carbocycles. The molecule has 1 heteroatoms. The molecule has 56 valence electrons. The Morgan fingerprint density at radius 3 is 1.78 bits per heavy atom. The summed E-state index contributed by atoms with van der Waals surface area (Å²) >= 11 is 0. The Hall–Kier alpha value is 0.217. The fourth-order valence-corrected chi connectivity index (χ4v) is 1.48. The maximum Gasteiger partial charge on any atom is -0.0149 e. The van der Waals surface area contributed by atoms with Gasteiger partial charge in [0.15, 0.2) is 0 Å². The fraction of sp³-hybridized carbons (Fsp3) is 1.00. The van der Waals surface area contributed by atoms with Gasteiger partial charge in [-0.05, 0) is 16.9 Å². The highest BCUT2D eigenvalue weighted by molar-refractivity contribution is 5.75. The van der Waals surface area contributed by atoms with Crippen LogP contribution in [0.1, 0.15) is 45.4 Å². The zero-order valence-corrected chi connectivity index (χ0v) is 5.82. The van der Waals surface area contributed by atoms with Crippen LogP contribution < -0.4 is 0 Å². The van der Waals surface area contributed by atoms with Crippen molar-refractivity contribution < 1.29 is 0 Å². The second-order valence-corrected chi connectivity index (χ2v) is 3.10. The van der Waals surface area contributed by atoms with Gasteiger partial charge >= 0.3 is 0 Å². The SMILES string of the molecule is CC1CCCCCC1.[SiH4]. The average molecular weight is 144 g/mol. The first-order chi connectivity index (χ1) is 3.89. The van der Waals surface area contributed by atoms with Gasteiger partial charge in [0.2, 0.25) is 0 Å². The number of hydrogen-bond donors (Lipinski definition) is 0. The van der Waals surface area contributed by atoms with Crippen molar-refractivity contribution >= 4 is 11.0 Å². The quantitative estimate of drug-likeness (QED) is 0.357. The van der Waals surface area contributed by atoms with Gasteiger partial charge < -0.3 is 0 Å². The summed E-state index contributed by atoms with van der Waals surface area (Å²) in [6.07, 6.45) is 8.93. The Kier molecular flexibility index (Phi) is 5.16. The van der Waals surface area contributed by atoms with Gasteiger partial charge in [-0.1, -0.05) is 45.4 Å². The van der Waals surface area contributed by atoms with E-state index >= 15 is 0 Å². The van der Waals surface area contributed by atoms with Crippen LogP contribution in [-0.2, 0) is 0 Å². The largest absolute Gasteiger partial charge is 0.0625 e. The normalized spacial score (nSPS) is 22.3. The van der Waals surface area contributed by atoms with Crippen molar-refractivity contribution in [1.82, 2.24) is 0 Å². The van der Waals surface area contributed by atoms with Gasteiger partial charge in [0.1, 0.15) is 0 Å². The minimum atomic E-state index is 0. The summed E-state index contributed by atoms with van der Waals surface area (Å²) in [7, 11) is 0. The summed E-state index contributed by atoms with van der Waals surface area (Å²) < 4.78 is 0. The molecule has 1 fully saturated rings. The Balaban J connectivity index is 0.000000640. The molecule has 0 amide bonds. The number of hydrogen-bond acceptors (Lipinski definition) is 0. The average Bonchev–Trinajstić information content (AvgIpc) is 1.94. The summed E-state index contributed by atoms with van der Waals surface area (Å²) in [5.41, 5.74) is 0. The summed E-state index contributed by atoms with van der Waals surface area (Å²) in [6.45, 7) is 2.38. The molecule has 1 aliphatic carbocycles. The van der Waals surface area contributed by atoms with E-state index in [9.17, 15) is 0 Å². The molecule has 0 aromatic heterocycles. The Morgan fingerprint density at radius 2 is 1.33 bits per heavy atom. The van der Waals surface area contributed by atoms with Gasteiger partial charge in [-0.3, -0.25) is 0 Å². The predicted molar refractivity (Wildman–Crippen MR) is 48.2 cm³/mol. The van der Waals surface area contributed by atoms with E-state index in [1.165, 1.54) is 38.5 Å². The van der Waals surface area contributed by atoms with Crippen molar-refractivity contribution in [3.05, 3.63) is 0 Å². The maximum atomic E-state index is 2.38. The third kappa shape index (κ3) is 3.74. The molecule has 0 bridgehead atoms. The molecule has 1 aliphatic rings. The van der Waals surface area contributed by atoms with E-state index in [1.807, 2.05) is 0 Å². The molecule has 0 aliphatic heterocycles. The molecular weight excluding hydrogens is 124 g/mol. The highest BCUT2D eigenvalue weighted by Gasteiger charge is 2.04. The van der Waals surface area contributed by atoms with Gasteiger partial charge in [0, 0.05) is 0 Å². The standard InChI is InChI=1S/C8H16.H4Si/c1-8-6-4-2-3-5-7-8;/h8H,2-7H2,1H3;1H4. The first kappa shape index (κ1) is 9.22. The topological polar surface area (TPSA) is 0 Å². The molecule has 0 unspecified atom stereocenters. The van der Waals surface area contributed by atoms with Gasteiger partial charge in [0.25, 0.3) is 0 Å². The van der Waals surface area contributed by atoms with E-state index in [0.29, 0.717) is 0 Å². The first-order valence-electron chi connectivity index (χ1n) is 3.89. The fourth-order valence-electron chi connectivity index (χ4n) is 1.48. The summed E-state index contributed by atoms with van der Waals surface area (Å²) in [4.78, 5) is 0. The lowest BCUT2D eigenvalue weighted by Crippen LogP contribution is -1.88. The maximum absolute atomic E-state index is 2.38. The van der Waals surface area contributed by atoms with Gasteiger partial charge in [-0.25, -0.2) is 0 Å². The molecule has 0 N–H and O–H groups in total. The smallest absolute Gasteiger partial charge is 0.0149 e. The predicted octanol–water partition coefficient (Wildman–Crippen LogP) is 1.53. The second-order valence-electron chi connectivity index (χ2n) is 3.10. The Labute approximate surface area is 63.1 Å². The van der Waals surface area contributed by atoms with Crippen LogP contribution in [0.3, 0.4) is 0 Å². The van der Waals surface area contributed by atoms with Crippen LogP contribution in [0.25, 0.3) is 0 Å². The molecule has 0 nitrogen and oxygen atoms in total. The van der Waals surface area contributed by atoms with Crippen LogP contribution in [0.4, 0.5) is 0 Å². The zero-order valence-electron chi connectivity index (χ0n) is 5.82. The van der Waals surface area contributed by atoms with Crippen molar-refractivity contribution in [3.63, 3.8) is 0 Å². The minimum absolute atomic E-state index is 0. The van der Waals surface area contributed by atoms with Crippen LogP contribution in [0.15, 0.2) is 0 Å². The van der Waals surface area contributed by atoms with Crippen LogP contribution in [0.5, 0.6) is 0 Å². The van der Waals surface area contributed by atoms with Crippen LogP contribution in [-0.4, -0.2) is 11.0 Å². The number of rotatable bonds is 0. The molecule has 0 aromatic rings. The van der Waals surface area contributed by atoms with Gasteiger partial charge in [-0.15, -0.1) is 0 Å². The zero-order chi connectivity index (χ0) is 5.82. The monoisotopic (exact) mass is 144 g/mol. The lowest BCUT2D eigenvalue weighted by molar-refractivity contribution is 0.505. The van der Waals surface area contributed by atoms with Crippen molar-refractivity contribution in [2.45, 2.75) is 45.4 Å². The van der Waals surface area contributed by atoms with Gasteiger partial charge in [-0.2, -0.15) is 0 Å². The van der Waals surface area contributed by atoms with Crippen LogP contribution >= 0.6 is 0 Å². The Bertz CT molecular complexity index is 53.6. The third-order valence-electron chi connectivity index (χ3n) is 2.14. The molecule has 1 saturated carbocycles. The van der Waals surface area contributed by atoms with E-state index in [2.05, 4.69) is 6.92 Å². The minimum Gasteiger partial charge on any atom is -0.0625 e. The van der Waals surface area contributed by atoms with Gasteiger partial charge in [0.05, 0.1) is 0 Å². The second kappa shape index (κ2) is 5.04. The third-order valence-corrected chi connectivity index (χ3v) is 2.14. The molecule has 0 atom stereocenters. The highest BCUT2D eigenvalue weighted by atomic mass is 28.1. The van der Waals surface area contributed by atoms with Crippen molar-refractivity contribution in [3.8, 4) is 0 Å². The summed E-state index contributed by atoms with van der Waals surface area (Å²) in [6, 6.07) is 0. The van der Waals surface area contributed by atoms with Crippen molar-refractivity contribution in [1.29, 1.82) is 0 Å².